The van der Waals surface area contributed by atoms with Crippen molar-refractivity contribution in [3.8, 4) is 22.1 Å². The quantitative estimate of drug-likeness (QED) is 0.798. The summed E-state index contributed by atoms with van der Waals surface area (Å²) in [5, 5.41) is 3.13. The van der Waals surface area contributed by atoms with Crippen LogP contribution < -0.4 is 9.47 Å². The predicted octanol–water partition coefficient (Wildman–Crippen LogP) is 3.10. The predicted molar refractivity (Wildman–Crippen MR) is 63.1 cm³/mol. The van der Waals surface area contributed by atoms with Crippen molar-refractivity contribution in [3.63, 3.8) is 0 Å². The molecule has 82 valence electrons. The summed E-state index contributed by atoms with van der Waals surface area (Å²) in [6.45, 7) is 2.43. The van der Waals surface area contributed by atoms with Crippen LogP contribution in [0.15, 0.2) is 23.6 Å². The Bertz CT molecular complexity index is 521. The zero-order valence-electron chi connectivity index (χ0n) is 8.90. The minimum absolute atomic E-state index is 0.316. The van der Waals surface area contributed by atoms with Crippen molar-refractivity contribution in [1.29, 1.82) is 0 Å². The van der Waals surface area contributed by atoms with Gasteiger partial charge in [-0.3, -0.25) is 0 Å². The molecule has 1 aromatic heterocycles. The first-order valence-electron chi connectivity index (χ1n) is 5.21. The van der Waals surface area contributed by atoms with E-state index in [4.69, 9.17) is 9.47 Å². The number of hydrogen-bond acceptors (Lipinski definition) is 4. The van der Waals surface area contributed by atoms with Crippen LogP contribution in [-0.2, 0) is 6.42 Å². The van der Waals surface area contributed by atoms with E-state index >= 15 is 0 Å². The number of rotatable bonds is 2. The molecule has 1 aliphatic heterocycles. The van der Waals surface area contributed by atoms with Crippen molar-refractivity contribution in [2.75, 3.05) is 6.79 Å². The molecular formula is C12H11NO2S. The van der Waals surface area contributed by atoms with Crippen LogP contribution in [-0.4, -0.2) is 11.8 Å². The maximum Gasteiger partial charge on any atom is 0.231 e. The molecule has 0 N–H and O–H groups in total. The summed E-state index contributed by atoms with van der Waals surface area (Å²) in [6.07, 6.45) is 0.973. The Kier molecular flexibility index (Phi) is 2.29. The highest BCUT2D eigenvalue weighted by Crippen LogP contribution is 2.36. The molecule has 0 unspecified atom stereocenters. The summed E-state index contributed by atoms with van der Waals surface area (Å²) in [7, 11) is 0. The van der Waals surface area contributed by atoms with Crippen LogP contribution in [0.2, 0.25) is 0 Å². The van der Waals surface area contributed by atoms with Crippen LogP contribution in [0.25, 0.3) is 10.6 Å². The largest absolute Gasteiger partial charge is 0.454 e. The molecule has 16 heavy (non-hydrogen) atoms. The third-order valence-electron chi connectivity index (χ3n) is 2.53. The molecular weight excluding hydrogens is 222 g/mol. The minimum atomic E-state index is 0.316. The van der Waals surface area contributed by atoms with Gasteiger partial charge in [0.1, 0.15) is 5.01 Å². The van der Waals surface area contributed by atoms with Gasteiger partial charge in [-0.15, -0.1) is 11.3 Å². The monoisotopic (exact) mass is 233 g/mol. The van der Waals surface area contributed by atoms with Gasteiger partial charge in [-0.2, -0.15) is 0 Å². The van der Waals surface area contributed by atoms with Crippen molar-refractivity contribution >= 4 is 11.3 Å². The van der Waals surface area contributed by atoms with E-state index in [0.29, 0.717) is 6.79 Å². The van der Waals surface area contributed by atoms with Crippen LogP contribution in [0.3, 0.4) is 0 Å². The summed E-state index contributed by atoms with van der Waals surface area (Å²) in [5.41, 5.74) is 2.23. The van der Waals surface area contributed by atoms with Crippen molar-refractivity contribution in [2.24, 2.45) is 0 Å². The Labute approximate surface area is 97.7 Å². The van der Waals surface area contributed by atoms with Crippen LogP contribution >= 0.6 is 11.3 Å². The summed E-state index contributed by atoms with van der Waals surface area (Å²) in [4.78, 5) is 4.55. The number of thiazole rings is 1. The van der Waals surface area contributed by atoms with Gasteiger partial charge < -0.3 is 9.47 Å². The zero-order chi connectivity index (χ0) is 11.0. The van der Waals surface area contributed by atoms with E-state index in [1.165, 1.54) is 0 Å². The van der Waals surface area contributed by atoms with Gasteiger partial charge in [0, 0.05) is 10.9 Å². The molecule has 4 heteroatoms. The number of nitrogens with zero attached hydrogens (tertiary/aromatic N) is 1. The van der Waals surface area contributed by atoms with E-state index in [1.807, 2.05) is 18.2 Å². The highest BCUT2D eigenvalue weighted by Gasteiger charge is 2.14. The number of benzene rings is 1. The molecule has 0 fully saturated rings. The normalized spacial score (nSPS) is 13.1. The molecule has 3 nitrogen and oxygen atoms in total. The Balaban J connectivity index is 2.00. The van der Waals surface area contributed by atoms with Crippen LogP contribution in [0, 0.1) is 0 Å². The summed E-state index contributed by atoms with van der Waals surface area (Å²) in [6, 6.07) is 5.94. The lowest BCUT2D eigenvalue weighted by Crippen LogP contribution is -1.92. The first kappa shape index (κ1) is 9.66. The van der Waals surface area contributed by atoms with Gasteiger partial charge in [0.05, 0.1) is 5.69 Å². The van der Waals surface area contributed by atoms with Gasteiger partial charge in [-0.1, -0.05) is 6.92 Å². The molecule has 2 heterocycles. The van der Waals surface area contributed by atoms with Crippen LogP contribution in [0.4, 0.5) is 0 Å². The van der Waals surface area contributed by atoms with Gasteiger partial charge >= 0.3 is 0 Å². The molecule has 0 spiro atoms. The first-order valence-corrected chi connectivity index (χ1v) is 6.09. The Morgan fingerprint density at radius 2 is 2.19 bits per heavy atom. The number of ether oxygens (including phenoxy) is 2. The van der Waals surface area contributed by atoms with E-state index < -0.39 is 0 Å². The molecule has 1 aliphatic rings. The Morgan fingerprint density at radius 1 is 1.31 bits per heavy atom. The number of aromatic nitrogens is 1. The second kappa shape index (κ2) is 3.79. The summed E-state index contributed by atoms with van der Waals surface area (Å²) < 4.78 is 10.6. The lowest BCUT2D eigenvalue weighted by atomic mass is 10.2. The number of fused-ring (bicyclic) bond motifs is 1. The van der Waals surface area contributed by atoms with E-state index in [-0.39, 0.29) is 0 Å². The van der Waals surface area contributed by atoms with Gasteiger partial charge in [0.25, 0.3) is 0 Å². The standard InChI is InChI=1S/C12H11NO2S/c1-2-9-6-16-12(13-9)8-3-4-10-11(5-8)15-7-14-10/h3-6H,2,7H2,1H3. The third kappa shape index (κ3) is 1.55. The SMILES string of the molecule is CCc1csc(-c2ccc3c(c2)OCO3)n1. The second-order valence-corrected chi connectivity index (χ2v) is 4.42. The first-order chi connectivity index (χ1) is 7.86. The molecule has 1 aromatic carbocycles. The maximum atomic E-state index is 5.35. The van der Waals surface area contributed by atoms with Crippen LogP contribution in [0.5, 0.6) is 11.5 Å². The molecule has 0 saturated heterocycles. The van der Waals surface area contributed by atoms with Gasteiger partial charge in [-0.05, 0) is 24.6 Å². The van der Waals surface area contributed by atoms with E-state index in [9.17, 15) is 0 Å². The fourth-order valence-electron chi connectivity index (χ4n) is 1.63. The average Bonchev–Trinajstić information content (AvgIpc) is 2.96. The average molecular weight is 233 g/mol. The smallest absolute Gasteiger partial charge is 0.231 e. The number of aryl methyl sites for hydroxylation is 1. The lowest BCUT2D eigenvalue weighted by molar-refractivity contribution is 0.174. The van der Waals surface area contributed by atoms with Gasteiger partial charge in [0.15, 0.2) is 11.5 Å². The fourth-order valence-corrected chi connectivity index (χ4v) is 2.53. The van der Waals surface area contributed by atoms with Gasteiger partial charge in [-0.25, -0.2) is 4.98 Å². The molecule has 0 radical (unpaired) electrons. The topological polar surface area (TPSA) is 31.4 Å². The van der Waals surface area contributed by atoms with Crippen molar-refractivity contribution in [3.05, 3.63) is 29.3 Å². The van der Waals surface area contributed by atoms with Crippen molar-refractivity contribution < 1.29 is 9.47 Å². The van der Waals surface area contributed by atoms with Crippen molar-refractivity contribution in [2.45, 2.75) is 13.3 Å². The Hall–Kier alpha value is -1.55. The molecule has 2 aromatic rings. The van der Waals surface area contributed by atoms with E-state index in [0.717, 1.165) is 34.2 Å². The molecule has 0 aliphatic carbocycles. The highest BCUT2D eigenvalue weighted by atomic mass is 32.1. The molecule has 0 atom stereocenters. The van der Waals surface area contributed by atoms with Crippen LogP contribution in [0.1, 0.15) is 12.6 Å². The molecule has 3 rings (SSSR count). The minimum Gasteiger partial charge on any atom is -0.454 e. The van der Waals surface area contributed by atoms with Gasteiger partial charge in [0.2, 0.25) is 6.79 Å². The number of hydrogen-bond donors (Lipinski definition) is 0. The second-order valence-electron chi connectivity index (χ2n) is 3.57. The fraction of sp³-hybridized carbons (Fsp3) is 0.250. The van der Waals surface area contributed by atoms with E-state index in [2.05, 4.69) is 17.3 Å². The summed E-state index contributed by atoms with van der Waals surface area (Å²) >= 11 is 1.67. The third-order valence-corrected chi connectivity index (χ3v) is 3.47. The molecule has 0 saturated carbocycles. The molecule has 0 amide bonds. The van der Waals surface area contributed by atoms with Crippen molar-refractivity contribution in [1.82, 2.24) is 4.98 Å². The Morgan fingerprint density at radius 3 is 3.00 bits per heavy atom. The maximum absolute atomic E-state index is 5.35. The molecule has 0 bridgehead atoms. The highest BCUT2D eigenvalue weighted by molar-refractivity contribution is 7.13. The lowest BCUT2D eigenvalue weighted by Gasteiger charge is -1.98. The van der Waals surface area contributed by atoms with E-state index in [1.54, 1.807) is 11.3 Å². The summed E-state index contributed by atoms with van der Waals surface area (Å²) in [5.74, 6) is 1.63. The zero-order valence-corrected chi connectivity index (χ0v) is 9.71.